The molecule has 0 unspecified atom stereocenters. The maximum absolute atomic E-state index is 5.71. The van der Waals surface area contributed by atoms with Gasteiger partial charge >= 0.3 is 0 Å². The molecule has 0 aliphatic rings. The van der Waals surface area contributed by atoms with Crippen molar-refractivity contribution in [2.45, 2.75) is 19.7 Å². The van der Waals surface area contributed by atoms with E-state index in [1.165, 1.54) is 0 Å². The van der Waals surface area contributed by atoms with Crippen LogP contribution in [0.3, 0.4) is 0 Å². The molecule has 0 saturated heterocycles. The summed E-state index contributed by atoms with van der Waals surface area (Å²) in [6.07, 6.45) is 3.20. The Kier molecular flexibility index (Phi) is 4.19. The average Bonchev–Trinajstić information content (AvgIpc) is 2.36. The topological polar surface area (TPSA) is 35.0 Å². The van der Waals surface area contributed by atoms with E-state index in [9.17, 15) is 0 Å². The van der Waals surface area contributed by atoms with E-state index in [0.717, 1.165) is 21.3 Å². The lowest BCUT2D eigenvalue weighted by Crippen LogP contribution is -1.94. The van der Waals surface area contributed by atoms with Crippen LogP contribution in [0.4, 0.5) is 0 Å². The van der Waals surface area contributed by atoms with E-state index in [1.54, 1.807) is 12.4 Å². The molecule has 0 bridgehead atoms. The van der Waals surface area contributed by atoms with Gasteiger partial charge in [0.05, 0.1) is 17.8 Å². The highest BCUT2D eigenvalue weighted by Gasteiger charge is 2.05. The first-order chi connectivity index (χ1) is 8.60. The van der Waals surface area contributed by atoms with Crippen molar-refractivity contribution >= 4 is 27.5 Å². The van der Waals surface area contributed by atoms with Gasteiger partial charge in [-0.2, -0.15) is 0 Å². The molecule has 2 rings (SSSR count). The molecule has 3 nitrogen and oxygen atoms in total. The van der Waals surface area contributed by atoms with Crippen molar-refractivity contribution in [1.82, 2.24) is 9.97 Å². The summed E-state index contributed by atoms with van der Waals surface area (Å²) in [5.41, 5.74) is 2.93. The first kappa shape index (κ1) is 13.3. The van der Waals surface area contributed by atoms with Crippen LogP contribution in [-0.4, -0.2) is 9.97 Å². The summed E-state index contributed by atoms with van der Waals surface area (Å²) in [5.74, 6) is 1.52. The second kappa shape index (κ2) is 5.67. The quantitative estimate of drug-likeness (QED) is 0.784. The zero-order valence-electron chi connectivity index (χ0n) is 10.1. The second-order valence-corrected chi connectivity index (χ2v) is 5.02. The molecule has 2 aromatic rings. The highest BCUT2D eigenvalue weighted by Crippen LogP contribution is 2.28. The Hall–Kier alpha value is -1.13. The lowest BCUT2D eigenvalue weighted by molar-refractivity contribution is 0.457. The molecule has 0 spiro atoms. The van der Waals surface area contributed by atoms with Crippen LogP contribution in [0.2, 0.25) is 0 Å². The largest absolute Gasteiger partial charge is 0.437 e. The average molecular weight is 328 g/mol. The Bertz CT molecular complexity index is 552. The first-order valence-electron chi connectivity index (χ1n) is 5.41. The molecule has 94 valence electrons. The molecular formula is C13H12BrClN2O. The molecule has 0 N–H and O–H groups in total. The van der Waals surface area contributed by atoms with Gasteiger partial charge < -0.3 is 4.74 Å². The lowest BCUT2D eigenvalue weighted by Gasteiger charge is -2.09. The Labute approximate surface area is 119 Å². The maximum atomic E-state index is 5.71. The highest BCUT2D eigenvalue weighted by atomic mass is 79.9. The van der Waals surface area contributed by atoms with E-state index < -0.39 is 0 Å². The monoisotopic (exact) mass is 326 g/mol. The number of hydrogen-bond donors (Lipinski definition) is 0. The predicted molar refractivity (Wildman–Crippen MR) is 75.3 cm³/mol. The number of halogens is 2. The molecule has 1 aromatic heterocycles. The van der Waals surface area contributed by atoms with Crippen LogP contribution in [0.15, 0.2) is 29.0 Å². The van der Waals surface area contributed by atoms with Gasteiger partial charge in [0.1, 0.15) is 5.75 Å². The van der Waals surface area contributed by atoms with E-state index in [1.807, 2.05) is 26.0 Å². The Balaban J connectivity index is 2.28. The number of rotatable bonds is 3. The molecule has 1 heterocycles. The fourth-order valence-electron chi connectivity index (χ4n) is 1.59. The van der Waals surface area contributed by atoms with Crippen molar-refractivity contribution in [2.75, 3.05) is 0 Å². The van der Waals surface area contributed by atoms with Gasteiger partial charge in [0, 0.05) is 10.7 Å². The summed E-state index contributed by atoms with van der Waals surface area (Å²) in [7, 11) is 0. The molecule has 18 heavy (non-hydrogen) atoms. The summed E-state index contributed by atoms with van der Waals surface area (Å²) >= 11 is 9.23. The standard InChI is InChI=1S/C13H12BrClN2O/c1-8-3-11(4-9(2)13(8)14)18-12-7-16-6-10(5-15)17-12/h3-4,6-7H,5H2,1-2H3. The summed E-state index contributed by atoms with van der Waals surface area (Å²) in [6, 6.07) is 3.90. The minimum absolute atomic E-state index is 0.322. The van der Waals surface area contributed by atoms with Crippen LogP contribution >= 0.6 is 27.5 Å². The lowest BCUT2D eigenvalue weighted by atomic mass is 10.1. The van der Waals surface area contributed by atoms with Gasteiger partial charge in [0.25, 0.3) is 0 Å². The van der Waals surface area contributed by atoms with Crippen molar-refractivity contribution in [3.8, 4) is 11.6 Å². The Morgan fingerprint density at radius 3 is 2.50 bits per heavy atom. The van der Waals surface area contributed by atoms with Gasteiger partial charge in [0.2, 0.25) is 5.88 Å². The SMILES string of the molecule is Cc1cc(Oc2cncc(CCl)n2)cc(C)c1Br. The molecule has 0 atom stereocenters. The van der Waals surface area contributed by atoms with Gasteiger partial charge in [-0.15, -0.1) is 11.6 Å². The zero-order valence-corrected chi connectivity index (χ0v) is 12.4. The fraction of sp³-hybridized carbons (Fsp3) is 0.231. The van der Waals surface area contributed by atoms with Gasteiger partial charge in [-0.3, -0.25) is 4.98 Å². The van der Waals surface area contributed by atoms with E-state index >= 15 is 0 Å². The van der Waals surface area contributed by atoms with Crippen LogP contribution in [0, 0.1) is 13.8 Å². The molecule has 0 aliphatic heterocycles. The minimum atomic E-state index is 0.322. The number of hydrogen-bond acceptors (Lipinski definition) is 3. The van der Waals surface area contributed by atoms with Gasteiger partial charge in [-0.05, 0) is 37.1 Å². The molecule has 1 aromatic carbocycles. The summed E-state index contributed by atoms with van der Waals surface area (Å²) in [6.45, 7) is 4.04. The third-order valence-electron chi connectivity index (χ3n) is 2.43. The third-order valence-corrected chi connectivity index (χ3v) is 3.96. The van der Waals surface area contributed by atoms with E-state index in [4.69, 9.17) is 16.3 Å². The number of nitrogens with zero attached hydrogens (tertiary/aromatic N) is 2. The maximum Gasteiger partial charge on any atom is 0.238 e. The fourth-order valence-corrected chi connectivity index (χ4v) is 1.94. The van der Waals surface area contributed by atoms with Crippen molar-refractivity contribution in [3.63, 3.8) is 0 Å². The van der Waals surface area contributed by atoms with Gasteiger partial charge in [0.15, 0.2) is 0 Å². The zero-order chi connectivity index (χ0) is 13.1. The van der Waals surface area contributed by atoms with Crippen molar-refractivity contribution < 1.29 is 4.74 Å². The number of alkyl halides is 1. The third kappa shape index (κ3) is 3.00. The summed E-state index contributed by atoms with van der Waals surface area (Å²) in [5, 5.41) is 0. The number of ether oxygens (including phenoxy) is 1. The van der Waals surface area contributed by atoms with Crippen molar-refractivity contribution in [2.24, 2.45) is 0 Å². The van der Waals surface area contributed by atoms with E-state index in [0.29, 0.717) is 17.5 Å². The number of aromatic nitrogens is 2. The minimum Gasteiger partial charge on any atom is -0.437 e. The van der Waals surface area contributed by atoms with Crippen LogP contribution < -0.4 is 4.74 Å². The molecule has 0 saturated carbocycles. The number of benzene rings is 1. The van der Waals surface area contributed by atoms with Gasteiger partial charge in [-0.25, -0.2) is 4.98 Å². The molecule has 5 heteroatoms. The summed E-state index contributed by atoms with van der Waals surface area (Å²) < 4.78 is 6.78. The molecule has 0 radical (unpaired) electrons. The predicted octanol–water partition coefficient (Wildman–Crippen LogP) is 4.39. The second-order valence-electron chi connectivity index (χ2n) is 3.96. The van der Waals surface area contributed by atoms with Crippen molar-refractivity contribution in [3.05, 3.63) is 45.8 Å². The Morgan fingerprint density at radius 1 is 1.22 bits per heavy atom. The van der Waals surface area contributed by atoms with Crippen LogP contribution in [-0.2, 0) is 5.88 Å². The van der Waals surface area contributed by atoms with Crippen LogP contribution in [0.25, 0.3) is 0 Å². The van der Waals surface area contributed by atoms with Crippen LogP contribution in [0.1, 0.15) is 16.8 Å². The van der Waals surface area contributed by atoms with Crippen molar-refractivity contribution in [1.29, 1.82) is 0 Å². The molecule has 0 fully saturated rings. The molecule has 0 amide bonds. The Morgan fingerprint density at radius 2 is 1.89 bits per heavy atom. The summed E-state index contributed by atoms with van der Waals surface area (Å²) in [4.78, 5) is 8.27. The molecule has 0 aliphatic carbocycles. The first-order valence-corrected chi connectivity index (χ1v) is 6.74. The normalized spacial score (nSPS) is 10.4. The molecular weight excluding hydrogens is 316 g/mol. The van der Waals surface area contributed by atoms with E-state index in [2.05, 4.69) is 25.9 Å². The number of aryl methyl sites for hydroxylation is 2. The highest BCUT2D eigenvalue weighted by molar-refractivity contribution is 9.10. The smallest absolute Gasteiger partial charge is 0.238 e. The van der Waals surface area contributed by atoms with E-state index in [-0.39, 0.29) is 0 Å². The van der Waals surface area contributed by atoms with Gasteiger partial charge in [-0.1, -0.05) is 15.9 Å². The van der Waals surface area contributed by atoms with Crippen LogP contribution in [0.5, 0.6) is 11.6 Å².